The van der Waals surface area contributed by atoms with E-state index in [2.05, 4.69) is 20.2 Å². The quantitative estimate of drug-likeness (QED) is 0.695. The van der Waals surface area contributed by atoms with Crippen LogP contribution in [-0.2, 0) is 0 Å². The zero-order valence-electron chi connectivity index (χ0n) is 11.0. The number of benzene rings is 1. The molecule has 2 rings (SSSR count). The van der Waals surface area contributed by atoms with E-state index in [1.54, 1.807) is 18.2 Å². The number of nitriles is 1. The molecule has 0 amide bonds. The number of nitrogens with one attached hydrogen (secondary N) is 1. The van der Waals surface area contributed by atoms with Gasteiger partial charge in [-0.3, -0.25) is 10.4 Å². The molecule has 0 saturated carbocycles. The molecule has 22 heavy (non-hydrogen) atoms. The van der Waals surface area contributed by atoms with E-state index < -0.39 is 6.36 Å². The molecule has 0 aliphatic carbocycles. The fourth-order valence-corrected chi connectivity index (χ4v) is 1.49. The number of hydrogen-bond acceptors (Lipinski definition) is 5. The van der Waals surface area contributed by atoms with E-state index in [1.165, 1.54) is 18.3 Å². The molecular weight excluding hydrogens is 297 g/mol. The molecule has 1 aromatic heterocycles. The van der Waals surface area contributed by atoms with E-state index in [0.29, 0.717) is 11.4 Å². The Morgan fingerprint density at radius 3 is 2.45 bits per heavy atom. The van der Waals surface area contributed by atoms with Gasteiger partial charge in [0.1, 0.15) is 17.5 Å². The Hall–Kier alpha value is -3.08. The van der Waals surface area contributed by atoms with Gasteiger partial charge in [0.05, 0.1) is 5.69 Å². The number of hydrogen-bond donors (Lipinski definition) is 1. The lowest BCUT2D eigenvalue weighted by atomic mass is 10.2. The maximum Gasteiger partial charge on any atom is 0.573 e. The molecular formula is C14H9F3N4O. The number of rotatable bonds is 4. The lowest BCUT2D eigenvalue weighted by molar-refractivity contribution is -0.274. The lowest BCUT2D eigenvalue weighted by Gasteiger charge is -2.09. The summed E-state index contributed by atoms with van der Waals surface area (Å²) in [6, 6.07) is 11.9. The van der Waals surface area contributed by atoms with Gasteiger partial charge in [-0.1, -0.05) is 6.07 Å². The average Bonchev–Trinajstić information content (AvgIpc) is 2.49. The third-order valence-corrected chi connectivity index (χ3v) is 2.40. The van der Waals surface area contributed by atoms with E-state index in [0.717, 1.165) is 12.1 Å². The van der Waals surface area contributed by atoms with Crippen LogP contribution in [0.25, 0.3) is 0 Å². The topological polar surface area (TPSA) is 70.3 Å². The first-order valence-corrected chi connectivity index (χ1v) is 5.99. The first kappa shape index (κ1) is 15.3. The Morgan fingerprint density at radius 2 is 1.91 bits per heavy atom. The van der Waals surface area contributed by atoms with Crippen molar-refractivity contribution in [2.24, 2.45) is 5.10 Å². The van der Waals surface area contributed by atoms with Gasteiger partial charge in [-0.15, -0.1) is 13.2 Å². The molecule has 2 aromatic rings. The predicted molar refractivity (Wildman–Crippen MR) is 73.1 cm³/mol. The minimum absolute atomic E-state index is 0.0521. The lowest BCUT2D eigenvalue weighted by Crippen LogP contribution is -2.16. The Labute approximate surface area is 123 Å². The van der Waals surface area contributed by atoms with Crippen LogP contribution in [0.2, 0.25) is 0 Å². The van der Waals surface area contributed by atoms with E-state index >= 15 is 0 Å². The largest absolute Gasteiger partial charge is 0.573 e. The van der Waals surface area contributed by atoms with E-state index in [9.17, 15) is 13.2 Å². The molecule has 0 saturated heterocycles. The van der Waals surface area contributed by atoms with Crippen molar-refractivity contribution in [2.45, 2.75) is 6.36 Å². The second-order valence-electron chi connectivity index (χ2n) is 3.97. The van der Waals surface area contributed by atoms with Gasteiger partial charge in [-0.25, -0.2) is 0 Å². The summed E-state index contributed by atoms with van der Waals surface area (Å²) in [6.45, 7) is 0. The zero-order valence-corrected chi connectivity index (χ0v) is 11.0. The number of halogens is 3. The van der Waals surface area contributed by atoms with Gasteiger partial charge in [0.2, 0.25) is 0 Å². The summed E-state index contributed by atoms with van der Waals surface area (Å²) < 4.78 is 39.8. The van der Waals surface area contributed by atoms with Crippen molar-refractivity contribution in [3.05, 3.63) is 54.4 Å². The van der Waals surface area contributed by atoms with Crippen molar-refractivity contribution in [1.29, 1.82) is 5.26 Å². The molecule has 0 bridgehead atoms. The predicted octanol–water partition coefficient (Wildman–Crippen LogP) is 3.32. The van der Waals surface area contributed by atoms with Gasteiger partial charge in [0.25, 0.3) is 0 Å². The summed E-state index contributed by atoms with van der Waals surface area (Å²) in [7, 11) is 0. The number of pyridine rings is 1. The van der Waals surface area contributed by atoms with Gasteiger partial charge in [0, 0.05) is 6.20 Å². The van der Waals surface area contributed by atoms with Crippen LogP contribution in [0, 0.1) is 11.3 Å². The number of ether oxygens (including phenoxy) is 1. The Morgan fingerprint density at radius 1 is 1.18 bits per heavy atom. The highest BCUT2D eigenvalue weighted by atomic mass is 19.4. The number of anilines is 1. The van der Waals surface area contributed by atoms with Gasteiger partial charge >= 0.3 is 6.36 Å². The maximum atomic E-state index is 12.0. The molecule has 5 nitrogen and oxygen atoms in total. The zero-order chi connectivity index (χ0) is 16.0. The molecule has 1 N–H and O–H groups in total. The first-order chi connectivity index (χ1) is 10.5. The van der Waals surface area contributed by atoms with Crippen LogP contribution in [-0.4, -0.2) is 17.1 Å². The molecule has 0 aliphatic rings. The van der Waals surface area contributed by atoms with Crippen LogP contribution in [0.3, 0.4) is 0 Å². The molecule has 1 aromatic carbocycles. The van der Waals surface area contributed by atoms with E-state index in [1.807, 2.05) is 6.07 Å². The van der Waals surface area contributed by atoms with Crippen molar-refractivity contribution in [1.82, 2.24) is 4.98 Å². The minimum Gasteiger partial charge on any atom is -0.406 e. The van der Waals surface area contributed by atoms with Gasteiger partial charge in [0.15, 0.2) is 5.71 Å². The standard InChI is InChI=1S/C14H9F3N4O/c15-14(16,17)22-11-6-4-10(5-7-11)20-21-13(9-18)12-3-1-2-8-19-12/h1-8,20H. The van der Waals surface area contributed by atoms with Crippen molar-refractivity contribution < 1.29 is 17.9 Å². The molecule has 0 atom stereocenters. The Bertz CT molecular complexity index is 691. The van der Waals surface area contributed by atoms with Crippen molar-refractivity contribution in [2.75, 3.05) is 5.43 Å². The molecule has 0 aliphatic heterocycles. The van der Waals surface area contributed by atoms with Crippen molar-refractivity contribution in [3.8, 4) is 11.8 Å². The maximum absolute atomic E-state index is 12.0. The molecule has 8 heteroatoms. The summed E-state index contributed by atoms with van der Waals surface area (Å²) >= 11 is 0. The molecule has 1 heterocycles. The number of alkyl halides is 3. The average molecular weight is 306 g/mol. The summed E-state index contributed by atoms with van der Waals surface area (Å²) in [5.41, 5.74) is 3.41. The van der Waals surface area contributed by atoms with Crippen LogP contribution in [0.15, 0.2) is 53.8 Å². The third kappa shape index (κ3) is 4.49. The fourth-order valence-electron chi connectivity index (χ4n) is 1.49. The van der Waals surface area contributed by atoms with Crippen molar-refractivity contribution >= 4 is 11.4 Å². The Kier molecular flexibility index (Phi) is 4.58. The first-order valence-electron chi connectivity index (χ1n) is 5.99. The summed E-state index contributed by atoms with van der Waals surface area (Å²) in [5, 5.41) is 12.9. The molecule has 112 valence electrons. The summed E-state index contributed by atoms with van der Waals surface area (Å²) in [4.78, 5) is 3.98. The van der Waals surface area contributed by atoms with Crippen LogP contribution in [0.5, 0.6) is 5.75 Å². The van der Waals surface area contributed by atoms with E-state index in [4.69, 9.17) is 5.26 Å². The molecule has 0 unspecified atom stereocenters. The van der Waals surface area contributed by atoms with Crippen molar-refractivity contribution in [3.63, 3.8) is 0 Å². The Balaban J connectivity index is 2.08. The highest BCUT2D eigenvalue weighted by Gasteiger charge is 2.30. The highest BCUT2D eigenvalue weighted by molar-refractivity contribution is 6.10. The van der Waals surface area contributed by atoms with Gasteiger partial charge in [-0.05, 0) is 36.4 Å². The highest BCUT2D eigenvalue weighted by Crippen LogP contribution is 2.23. The van der Waals surface area contributed by atoms with Crippen LogP contribution >= 0.6 is 0 Å². The van der Waals surface area contributed by atoms with Crippen LogP contribution < -0.4 is 10.2 Å². The minimum atomic E-state index is -4.74. The SMILES string of the molecule is N#CC(=NNc1ccc(OC(F)(F)F)cc1)c1ccccn1. The summed E-state index contributed by atoms with van der Waals surface area (Å²) in [5.74, 6) is -0.340. The van der Waals surface area contributed by atoms with Gasteiger partial charge in [-0.2, -0.15) is 10.4 Å². The number of nitrogens with zero attached hydrogens (tertiary/aromatic N) is 3. The second-order valence-corrected chi connectivity index (χ2v) is 3.97. The number of hydrazone groups is 1. The normalized spacial score (nSPS) is 11.6. The second kappa shape index (κ2) is 6.58. The summed E-state index contributed by atoms with van der Waals surface area (Å²) in [6.07, 6.45) is -3.22. The van der Waals surface area contributed by atoms with Gasteiger partial charge < -0.3 is 4.74 Å². The molecule has 0 radical (unpaired) electrons. The molecule has 0 fully saturated rings. The van der Waals surface area contributed by atoms with Crippen LogP contribution in [0.1, 0.15) is 5.69 Å². The third-order valence-electron chi connectivity index (χ3n) is 2.40. The number of aromatic nitrogens is 1. The molecule has 0 spiro atoms. The fraction of sp³-hybridized carbons (Fsp3) is 0.0714. The monoisotopic (exact) mass is 306 g/mol. The smallest absolute Gasteiger partial charge is 0.406 e. The van der Waals surface area contributed by atoms with Crippen LogP contribution in [0.4, 0.5) is 18.9 Å². The van der Waals surface area contributed by atoms with E-state index in [-0.39, 0.29) is 11.5 Å².